The van der Waals surface area contributed by atoms with E-state index >= 15 is 0 Å². The van der Waals surface area contributed by atoms with Crippen LogP contribution in [0, 0.1) is 5.41 Å². The summed E-state index contributed by atoms with van der Waals surface area (Å²) in [7, 11) is 0. The van der Waals surface area contributed by atoms with E-state index in [9.17, 15) is 23.8 Å². The summed E-state index contributed by atoms with van der Waals surface area (Å²) in [4.78, 5) is 12.3. The van der Waals surface area contributed by atoms with Crippen molar-refractivity contribution in [1.82, 2.24) is 4.90 Å². The van der Waals surface area contributed by atoms with E-state index in [4.69, 9.17) is 15.3 Å². The Morgan fingerprint density at radius 2 is 2.25 bits per heavy atom. The molecule has 2 rings (SSSR count). The van der Waals surface area contributed by atoms with E-state index < -0.39 is 43.0 Å². The van der Waals surface area contributed by atoms with Crippen LogP contribution in [0.15, 0.2) is 12.3 Å². The molecule has 0 aromatic heterocycles. The number of aliphatic hydroxyl groups is 3. The highest BCUT2D eigenvalue weighted by molar-refractivity contribution is 6.07. The van der Waals surface area contributed by atoms with Gasteiger partial charge in [0.2, 0.25) is 5.91 Å². The average Bonchev–Trinajstić information content (AvgIpc) is 2.60. The Labute approximate surface area is 112 Å². The number of hydrogen-bond acceptors (Lipinski definition) is 6. The highest BCUT2D eigenvalue weighted by atomic mass is 19.2. The Morgan fingerprint density at radius 3 is 2.70 bits per heavy atom. The number of halogens is 2. The van der Waals surface area contributed by atoms with Crippen molar-refractivity contribution in [2.24, 2.45) is 0 Å². The number of amides is 1. The first-order chi connectivity index (χ1) is 9.28. The van der Waals surface area contributed by atoms with Crippen molar-refractivity contribution < 1.29 is 33.6 Å². The lowest BCUT2D eigenvalue weighted by atomic mass is 9.96. The highest BCUT2D eigenvalue weighted by Gasteiger charge is 2.66. The lowest BCUT2D eigenvalue weighted by Crippen LogP contribution is -2.54. The fourth-order valence-electron chi connectivity index (χ4n) is 2.17. The second-order valence-corrected chi connectivity index (χ2v) is 4.78. The van der Waals surface area contributed by atoms with Gasteiger partial charge < -0.3 is 25.5 Å². The van der Waals surface area contributed by atoms with Crippen molar-refractivity contribution in [3.05, 3.63) is 12.3 Å². The number of carbonyl (C=O) groups is 1. The normalized spacial score (nSPS) is 41.5. The molecule has 1 amide bonds. The van der Waals surface area contributed by atoms with Crippen molar-refractivity contribution in [1.29, 1.82) is 5.41 Å². The molecule has 4 N–H and O–H groups in total. The van der Waals surface area contributed by atoms with E-state index in [-0.39, 0.29) is 12.1 Å². The third-order valence-corrected chi connectivity index (χ3v) is 3.39. The van der Waals surface area contributed by atoms with Gasteiger partial charge in [0, 0.05) is 11.9 Å². The summed E-state index contributed by atoms with van der Waals surface area (Å²) in [5.74, 6) is -4.20. The molecule has 4 atom stereocenters. The number of alkyl halides is 2. The van der Waals surface area contributed by atoms with E-state index in [1.807, 2.05) is 0 Å². The minimum Gasteiger partial charge on any atom is -0.393 e. The minimum atomic E-state index is -3.45. The topological polar surface area (TPSA) is 114 Å². The van der Waals surface area contributed by atoms with Crippen LogP contribution in [0.3, 0.4) is 0 Å². The number of aliphatic hydroxyl groups excluding tert-OH is 2. The summed E-state index contributed by atoms with van der Waals surface area (Å²) >= 11 is 0. The van der Waals surface area contributed by atoms with E-state index in [0.29, 0.717) is 4.90 Å². The van der Waals surface area contributed by atoms with E-state index in [0.717, 1.165) is 6.20 Å². The second kappa shape index (κ2) is 4.85. The monoisotopic (exact) mass is 292 g/mol. The SMILES string of the molecule is N=C1C=CN([C@@H]2O[C@@](CO)(CF)[C@@H](O)[C@]2(O)F)C(=O)C1. The van der Waals surface area contributed by atoms with E-state index in [2.05, 4.69) is 0 Å². The largest absolute Gasteiger partial charge is 0.393 e. The Hall–Kier alpha value is -1.42. The molecule has 2 aliphatic rings. The Bertz CT molecular complexity index is 464. The van der Waals surface area contributed by atoms with Crippen molar-refractivity contribution >= 4 is 11.6 Å². The molecule has 0 unspecified atom stereocenters. The van der Waals surface area contributed by atoms with Gasteiger partial charge in [0.15, 0.2) is 17.9 Å². The van der Waals surface area contributed by atoms with Gasteiger partial charge in [-0.05, 0) is 6.08 Å². The van der Waals surface area contributed by atoms with Crippen LogP contribution in [0.1, 0.15) is 6.42 Å². The minimum absolute atomic E-state index is 0.0221. The smallest absolute Gasteiger partial charge is 0.281 e. The number of rotatable bonds is 3. The molecule has 9 heteroatoms. The first-order valence-corrected chi connectivity index (χ1v) is 5.79. The van der Waals surface area contributed by atoms with Gasteiger partial charge >= 0.3 is 0 Å². The standard InChI is InChI=1S/C11H14F2N2O5/c12-4-10(5-16)8(18)11(13,19)9(20-10)15-2-1-6(14)3-7(15)17/h1-2,8-9,14,16,18-19H,3-5H2/t8-,9-,10-,11-/m1/s1. The first kappa shape index (κ1) is 15.0. The molecule has 1 fully saturated rings. The second-order valence-electron chi connectivity index (χ2n) is 4.78. The van der Waals surface area contributed by atoms with Gasteiger partial charge in [-0.2, -0.15) is 0 Å². The molecule has 112 valence electrons. The lowest BCUT2D eigenvalue weighted by molar-refractivity contribution is -0.208. The van der Waals surface area contributed by atoms with Gasteiger partial charge in [-0.15, -0.1) is 0 Å². The maximum atomic E-state index is 14.2. The summed E-state index contributed by atoms with van der Waals surface area (Å²) in [5, 5.41) is 35.7. The number of ether oxygens (including phenoxy) is 1. The molecule has 0 spiro atoms. The Balaban J connectivity index is 2.35. The van der Waals surface area contributed by atoms with Crippen molar-refractivity contribution in [3.63, 3.8) is 0 Å². The number of nitrogens with zero attached hydrogens (tertiary/aromatic N) is 1. The maximum absolute atomic E-state index is 14.2. The highest BCUT2D eigenvalue weighted by Crippen LogP contribution is 2.42. The third-order valence-electron chi connectivity index (χ3n) is 3.39. The van der Waals surface area contributed by atoms with Crippen LogP contribution >= 0.6 is 0 Å². The number of carbonyl (C=O) groups excluding carboxylic acids is 1. The molecule has 2 heterocycles. The molecule has 20 heavy (non-hydrogen) atoms. The van der Waals surface area contributed by atoms with E-state index in [1.165, 1.54) is 6.08 Å². The molecular weight excluding hydrogens is 278 g/mol. The van der Waals surface area contributed by atoms with Crippen LogP contribution in [0.2, 0.25) is 0 Å². The van der Waals surface area contributed by atoms with Gasteiger partial charge in [0.1, 0.15) is 6.67 Å². The van der Waals surface area contributed by atoms with Crippen LogP contribution in [0.4, 0.5) is 8.78 Å². The zero-order valence-electron chi connectivity index (χ0n) is 10.3. The summed E-state index contributed by atoms with van der Waals surface area (Å²) in [6, 6.07) is 0. The van der Waals surface area contributed by atoms with Crippen LogP contribution in [-0.2, 0) is 9.53 Å². The predicted molar refractivity (Wildman–Crippen MR) is 61.1 cm³/mol. The van der Waals surface area contributed by atoms with Crippen LogP contribution in [0.25, 0.3) is 0 Å². The van der Waals surface area contributed by atoms with Crippen molar-refractivity contribution in [2.75, 3.05) is 13.3 Å². The van der Waals surface area contributed by atoms with E-state index in [1.54, 1.807) is 0 Å². The summed E-state index contributed by atoms with van der Waals surface area (Å²) < 4.78 is 32.1. The van der Waals surface area contributed by atoms with Crippen molar-refractivity contribution in [3.8, 4) is 0 Å². The van der Waals surface area contributed by atoms with Gasteiger partial charge in [-0.3, -0.25) is 9.69 Å². The zero-order chi connectivity index (χ0) is 15.1. The summed E-state index contributed by atoms with van der Waals surface area (Å²) in [5.41, 5.74) is -2.36. The van der Waals surface area contributed by atoms with Gasteiger partial charge in [0.05, 0.1) is 13.0 Å². The summed E-state index contributed by atoms with van der Waals surface area (Å²) in [6.07, 6.45) is -2.52. The van der Waals surface area contributed by atoms with Crippen LogP contribution in [0.5, 0.6) is 0 Å². The van der Waals surface area contributed by atoms with Crippen LogP contribution in [-0.4, -0.2) is 68.9 Å². The van der Waals surface area contributed by atoms with Crippen LogP contribution < -0.4 is 0 Å². The molecule has 1 saturated heterocycles. The molecule has 0 aromatic rings. The molecule has 7 nitrogen and oxygen atoms in total. The molecule has 0 bridgehead atoms. The quantitative estimate of drug-likeness (QED) is 0.523. The lowest BCUT2D eigenvalue weighted by Gasteiger charge is -2.32. The molecule has 0 saturated carbocycles. The summed E-state index contributed by atoms with van der Waals surface area (Å²) in [6.45, 7) is -2.52. The number of nitrogens with one attached hydrogen (secondary N) is 1. The number of hydrogen-bond donors (Lipinski definition) is 4. The van der Waals surface area contributed by atoms with Gasteiger partial charge in [-0.1, -0.05) is 0 Å². The van der Waals surface area contributed by atoms with Gasteiger partial charge in [0.25, 0.3) is 5.85 Å². The zero-order valence-corrected chi connectivity index (χ0v) is 10.3. The molecule has 0 aromatic carbocycles. The molecular formula is C11H14F2N2O5. The maximum Gasteiger partial charge on any atom is 0.281 e. The first-order valence-electron chi connectivity index (χ1n) is 5.79. The Kier molecular flexibility index (Phi) is 3.63. The average molecular weight is 292 g/mol. The fraction of sp³-hybridized carbons (Fsp3) is 0.636. The molecule has 0 radical (unpaired) electrons. The molecule has 2 aliphatic heterocycles. The Morgan fingerprint density at radius 1 is 1.60 bits per heavy atom. The predicted octanol–water partition coefficient (Wildman–Crippen LogP) is -1.17. The fourth-order valence-corrected chi connectivity index (χ4v) is 2.17. The van der Waals surface area contributed by atoms with Gasteiger partial charge in [-0.25, -0.2) is 8.78 Å². The van der Waals surface area contributed by atoms with Crippen molar-refractivity contribution in [2.45, 2.75) is 30.2 Å². The molecule has 0 aliphatic carbocycles. The number of allylic oxidation sites excluding steroid dienone is 1. The third kappa shape index (κ3) is 2.03.